The highest BCUT2D eigenvalue weighted by Crippen LogP contribution is 2.22. The van der Waals surface area contributed by atoms with Crippen molar-refractivity contribution in [2.45, 2.75) is 13.5 Å². The Bertz CT molecular complexity index is 642. The third-order valence-electron chi connectivity index (χ3n) is 2.86. The standard InChI is InChI=1S/C15H15FN2O2/c1-10-6-7-12(15(17)18-19)14(8-10)20-9-11-4-2-3-5-13(11)16/h2-8,19H,9H2,1H3,(H2,17,18). The second-order valence-electron chi connectivity index (χ2n) is 4.36. The van der Waals surface area contributed by atoms with Gasteiger partial charge in [0, 0.05) is 5.56 Å². The first kappa shape index (κ1) is 13.9. The highest BCUT2D eigenvalue weighted by Gasteiger charge is 2.10. The Morgan fingerprint density at radius 3 is 2.75 bits per heavy atom. The van der Waals surface area contributed by atoms with Crippen molar-refractivity contribution in [3.63, 3.8) is 0 Å². The SMILES string of the molecule is Cc1ccc(C(N)=NO)c(OCc2ccccc2F)c1. The Labute approximate surface area is 116 Å². The second-order valence-corrected chi connectivity index (χ2v) is 4.36. The lowest BCUT2D eigenvalue weighted by molar-refractivity contribution is 0.297. The first-order valence-corrected chi connectivity index (χ1v) is 6.06. The smallest absolute Gasteiger partial charge is 0.173 e. The predicted octanol–water partition coefficient (Wildman–Crippen LogP) is 2.81. The highest BCUT2D eigenvalue weighted by molar-refractivity contribution is 5.99. The fourth-order valence-corrected chi connectivity index (χ4v) is 1.79. The summed E-state index contributed by atoms with van der Waals surface area (Å²) in [5, 5.41) is 11.7. The molecule has 0 radical (unpaired) electrons. The molecule has 0 unspecified atom stereocenters. The van der Waals surface area contributed by atoms with Gasteiger partial charge in [-0.3, -0.25) is 0 Å². The molecule has 0 bridgehead atoms. The molecule has 0 aliphatic heterocycles. The van der Waals surface area contributed by atoms with Crippen molar-refractivity contribution >= 4 is 5.84 Å². The molecule has 20 heavy (non-hydrogen) atoms. The molecule has 0 atom stereocenters. The van der Waals surface area contributed by atoms with E-state index in [0.717, 1.165) is 5.56 Å². The zero-order valence-electron chi connectivity index (χ0n) is 11.0. The number of halogens is 1. The average molecular weight is 274 g/mol. The Balaban J connectivity index is 2.25. The van der Waals surface area contributed by atoms with Crippen LogP contribution in [0.4, 0.5) is 4.39 Å². The number of hydrogen-bond acceptors (Lipinski definition) is 3. The molecule has 0 amide bonds. The molecule has 0 saturated carbocycles. The molecular weight excluding hydrogens is 259 g/mol. The summed E-state index contributed by atoms with van der Waals surface area (Å²) >= 11 is 0. The van der Waals surface area contributed by atoms with E-state index < -0.39 is 0 Å². The van der Waals surface area contributed by atoms with Crippen LogP contribution in [0.2, 0.25) is 0 Å². The molecular formula is C15H15FN2O2. The maximum atomic E-state index is 13.5. The van der Waals surface area contributed by atoms with Gasteiger partial charge in [-0.1, -0.05) is 29.4 Å². The van der Waals surface area contributed by atoms with Crippen LogP contribution >= 0.6 is 0 Å². The molecule has 0 aliphatic carbocycles. The number of nitrogens with two attached hydrogens (primary N) is 1. The molecule has 5 heteroatoms. The topological polar surface area (TPSA) is 67.8 Å². The van der Waals surface area contributed by atoms with Crippen molar-refractivity contribution in [1.82, 2.24) is 0 Å². The summed E-state index contributed by atoms with van der Waals surface area (Å²) < 4.78 is 19.1. The van der Waals surface area contributed by atoms with E-state index in [1.165, 1.54) is 6.07 Å². The molecule has 0 spiro atoms. The molecule has 2 aromatic rings. The molecule has 2 rings (SSSR count). The van der Waals surface area contributed by atoms with E-state index in [9.17, 15) is 4.39 Å². The van der Waals surface area contributed by atoms with E-state index >= 15 is 0 Å². The van der Waals surface area contributed by atoms with E-state index in [4.69, 9.17) is 15.7 Å². The first-order chi connectivity index (χ1) is 9.61. The molecule has 0 aromatic heterocycles. The minimum Gasteiger partial charge on any atom is -0.488 e. The van der Waals surface area contributed by atoms with Crippen molar-refractivity contribution < 1.29 is 14.3 Å². The number of benzene rings is 2. The maximum absolute atomic E-state index is 13.5. The second kappa shape index (κ2) is 6.06. The van der Waals surface area contributed by atoms with Gasteiger partial charge in [0.05, 0.1) is 5.56 Å². The third-order valence-corrected chi connectivity index (χ3v) is 2.86. The van der Waals surface area contributed by atoms with Gasteiger partial charge in [-0.25, -0.2) is 4.39 Å². The van der Waals surface area contributed by atoms with E-state index in [-0.39, 0.29) is 18.3 Å². The highest BCUT2D eigenvalue weighted by atomic mass is 19.1. The zero-order valence-corrected chi connectivity index (χ0v) is 11.0. The molecule has 3 N–H and O–H groups in total. The van der Waals surface area contributed by atoms with Crippen LogP contribution in [0.15, 0.2) is 47.6 Å². The fraction of sp³-hybridized carbons (Fsp3) is 0.133. The van der Waals surface area contributed by atoms with Gasteiger partial charge >= 0.3 is 0 Å². The van der Waals surface area contributed by atoms with E-state index in [2.05, 4.69) is 5.16 Å². The molecule has 104 valence electrons. The largest absolute Gasteiger partial charge is 0.488 e. The molecule has 0 saturated heterocycles. The summed E-state index contributed by atoms with van der Waals surface area (Å²) in [6, 6.07) is 11.7. The summed E-state index contributed by atoms with van der Waals surface area (Å²) in [7, 11) is 0. The molecule has 0 fully saturated rings. The van der Waals surface area contributed by atoms with Gasteiger partial charge in [0.15, 0.2) is 5.84 Å². The number of oxime groups is 1. The number of hydrogen-bond donors (Lipinski definition) is 2. The molecule has 0 heterocycles. The van der Waals surface area contributed by atoms with Crippen LogP contribution in [0.3, 0.4) is 0 Å². The summed E-state index contributed by atoms with van der Waals surface area (Å²) in [5.41, 5.74) is 7.46. The summed E-state index contributed by atoms with van der Waals surface area (Å²) in [5.74, 6) is 0.0718. The van der Waals surface area contributed by atoms with Crippen LogP contribution < -0.4 is 10.5 Å². The van der Waals surface area contributed by atoms with Crippen LogP contribution in [-0.2, 0) is 6.61 Å². The van der Waals surface area contributed by atoms with Crippen LogP contribution in [0.1, 0.15) is 16.7 Å². The van der Waals surface area contributed by atoms with Gasteiger partial charge in [0.25, 0.3) is 0 Å². The van der Waals surface area contributed by atoms with Crippen molar-refractivity contribution in [2.24, 2.45) is 10.9 Å². The van der Waals surface area contributed by atoms with Crippen LogP contribution in [0.25, 0.3) is 0 Å². The van der Waals surface area contributed by atoms with E-state index in [0.29, 0.717) is 16.9 Å². The summed E-state index contributed by atoms with van der Waals surface area (Å²) in [4.78, 5) is 0. The Hall–Kier alpha value is -2.56. The van der Waals surface area contributed by atoms with Crippen molar-refractivity contribution in [2.75, 3.05) is 0 Å². The normalized spacial score (nSPS) is 11.4. The Morgan fingerprint density at radius 2 is 2.05 bits per heavy atom. The van der Waals surface area contributed by atoms with Gasteiger partial charge in [0.1, 0.15) is 18.2 Å². The number of nitrogens with zero attached hydrogens (tertiary/aromatic N) is 1. The molecule has 4 nitrogen and oxygen atoms in total. The molecule has 2 aromatic carbocycles. The summed E-state index contributed by atoms with van der Waals surface area (Å²) in [6.45, 7) is 1.97. The number of aryl methyl sites for hydroxylation is 1. The van der Waals surface area contributed by atoms with Crippen molar-refractivity contribution in [3.05, 3.63) is 65.0 Å². The lowest BCUT2D eigenvalue weighted by Gasteiger charge is -2.12. The third kappa shape index (κ3) is 3.06. The van der Waals surface area contributed by atoms with Gasteiger partial charge < -0.3 is 15.7 Å². The first-order valence-electron chi connectivity index (χ1n) is 6.06. The van der Waals surface area contributed by atoms with Crippen LogP contribution in [-0.4, -0.2) is 11.0 Å². The van der Waals surface area contributed by atoms with E-state index in [1.807, 2.05) is 13.0 Å². The Kier molecular flexibility index (Phi) is 4.20. The van der Waals surface area contributed by atoms with Crippen molar-refractivity contribution in [1.29, 1.82) is 0 Å². The van der Waals surface area contributed by atoms with Gasteiger partial charge in [-0.05, 0) is 30.7 Å². The lowest BCUT2D eigenvalue weighted by atomic mass is 10.1. The van der Waals surface area contributed by atoms with Crippen LogP contribution in [0.5, 0.6) is 5.75 Å². The number of rotatable bonds is 4. The van der Waals surface area contributed by atoms with Gasteiger partial charge in [-0.2, -0.15) is 0 Å². The quantitative estimate of drug-likeness (QED) is 0.390. The van der Waals surface area contributed by atoms with Crippen LogP contribution in [0, 0.1) is 12.7 Å². The monoisotopic (exact) mass is 274 g/mol. The average Bonchev–Trinajstić information content (AvgIpc) is 2.46. The molecule has 0 aliphatic rings. The fourth-order valence-electron chi connectivity index (χ4n) is 1.79. The maximum Gasteiger partial charge on any atom is 0.173 e. The number of amidine groups is 1. The van der Waals surface area contributed by atoms with E-state index in [1.54, 1.807) is 30.3 Å². The Morgan fingerprint density at radius 1 is 1.30 bits per heavy atom. The lowest BCUT2D eigenvalue weighted by Crippen LogP contribution is -2.15. The number of ether oxygens (including phenoxy) is 1. The zero-order chi connectivity index (χ0) is 14.5. The van der Waals surface area contributed by atoms with Gasteiger partial charge in [0.2, 0.25) is 0 Å². The van der Waals surface area contributed by atoms with Crippen molar-refractivity contribution in [3.8, 4) is 5.75 Å². The minimum atomic E-state index is -0.328. The van der Waals surface area contributed by atoms with Gasteiger partial charge in [-0.15, -0.1) is 0 Å². The predicted molar refractivity (Wildman–Crippen MR) is 74.4 cm³/mol. The summed E-state index contributed by atoms with van der Waals surface area (Å²) in [6.07, 6.45) is 0. The minimum absolute atomic E-state index is 0.0477.